The quantitative estimate of drug-likeness (QED) is 0.862. The third-order valence-corrected chi connectivity index (χ3v) is 3.59. The largest absolute Gasteiger partial charge is 0.478 e. The van der Waals surface area contributed by atoms with Gasteiger partial charge in [-0.15, -0.1) is 0 Å². The maximum atomic E-state index is 11.0. The fraction of sp³-hybridized carbons (Fsp3) is 0.571. The van der Waals surface area contributed by atoms with E-state index in [0.717, 1.165) is 18.5 Å². The van der Waals surface area contributed by atoms with Gasteiger partial charge < -0.3 is 10.4 Å². The van der Waals surface area contributed by atoms with Gasteiger partial charge in [0, 0.05) is 11.2 Å². The van der Waals surface area contributed by atoms with Gasteiger partial charge in [0.15, 0.2) is 0 Å². The number of carboxylic acids is 1. The molecule has 4 nitrogen and oxygen atoms in total. The van der Waals surface area contributed by atoms with Crippen molar-refractivity contribution in [1.82, 2.24) is 4.98 Å². The molecule has 0 aromatic carbocycles. The average Bonchev–Trinajstić information content (AvgIpc) is 2.28. The van der Waals surface area contributed by atoms with E-state index in [1.165, 1.54) is 19.3 Å². The zero-order valence-electron chi connectivity index (χ0n) is 11.0. The van der Waals surface area contributed by atoms with Gasteiger partial charge in [-0.05, 0) is 38.8 Å². The highest BCUT2D eigenvalue weighted by molar-refractivity contribution is 5.88. The van der Waals surface area contributed by atoms with Gasteiger partial charge in [-0.25, -0.2) is 9.78 Å². The molecule has 1 aliphatic carbocycles. The smallest absolute Gasteiger partial charge is 0.335 e. The van der Waals surface area contributed by atoms with Crippen LogP contribution in [0.5, 0.6) is 0 Å². The van der Waals surface area contributed by atoms with Crippen molar-refractivity contribution in [1.29, 1.82) is 0 Å². The van der Waals surface area contributed by atoms with Crippen molar-refractivity contribution >= 4 is 11.8 Å². The lowest BCUT2D eigenvalue weighted by Gasteiger charge is -2.35. The van der Waals surface area contributed by atoms with Crippen molar-refractivity contribution in [2.45, 2.75) is 51.5 Å². The van der Waals surface area contributed by atoms with Gasteiger partial charge in [-0.3, -0.25) is 0 Å². The number of carboxylic acid groups (broad SMARTS) is 1. The van der Waals surface area contributed by atoms with E-state index in [1.54, 1.807) is 12.1 Å². The zero-order valence-corrected chi connectivity index (χ0v) is 11.0. The van der Waals surface area contributed by atoms with E-state index in [-0.39, 0.29) is 5.54 Å². The second-order valence-electron chi connectivity index (χ2n) is 5.43. The van der Waals surface area contributed by atoms with E-state index in [1.807, 2.05) is 6.92 Å². The number of pyridine rings is 1. The number of aryl methyl sites for hydroxylation is 1. The summed E-state index contributed by atoms with van der Waals surface area (Å²) in [5.41, 5.74) is 1.08. The van der Waals surface area contributed by atoms with Gasteiger partial charge in [0.25, 0.3) is 0 Å². The van der Waals surface area contributed by atoms with Crippen LogP contribution in [0.2, 0.25) is 0 Å². The Balaban J connectivity index is 2.20. The average molecular weight is 248 g/mol. The summed E-state index contributed by atoms with van der Waals surface area (Å²) in [6.07, 6.45) is 5.97. The van der Waals surface area contributed by atoms with Crippen LogP contribution in [-0.4, -0.2) is 21.6 Å². The lowest BCUT2D eigenvalue weighted by Crippen LogP contribution is -2.37. The Labute approximate surface area is 107 Å². The molecule has 2 rings (SSSR count). The molecule has 98 valence electrons. The molecular weight excluding hydrogens is 228 g/mol. The topological polar surface area (TPSA) is 62.2 Å². The Bertz CT molecular complexity index is 451. The summed E-state index contributed by atoms with van der Waals surface area (Å²) < 4.78 is 0. The molecule has 4 heteroatoms. The van der Waals surface area contributed by atoms with Crippen LogP contribution in [-0.2, 0) is 0 Å². The maximum absolute atomic E-state index is 11.0. The molecule has 18 heavy (non-hydrogen) atoms. The molecule has 0 saturated heterocycles. The molecule has 1 saturated carbocycles. The number of hydrogen-bond donors (Lipinski definition) is 2. The standard InChI is InChI=1S/C14H20N2O2/c1-10-8-11(13(17)18)9-12(15-10)16-14(2)6-4-3-5-7-14/h8-9H,3-7H2,1-2H3,(H,15,16)(H,17,18). The summed E-state index contributed by atoms with van der Waals surface area (Å²) in [6.45, 7) is 4.01. The van der Waals surface area contributed by atoms with Crippen molar-refractivity contribution in [3.05, 3.63) is 23.4 Å². The van der Waals surface area contributed by atoms with Crippen molar-refractivity contribution in [2.75, 3.05) is 5.32 Å². The highest BCUT2D eigenvalue weighted by Gasteiger charge is 2.27. The number of rotatable bonds is 3. The van der Waals surface area contributed by atoms with Crippen LogP contribution in [0.4, 0.5) is 5.82 Å². The molecular formula is C14H20N2O2. The summed E-state index contributed by atoms with van der Waals surface area (Å²) in [6, 6.07) is 3.21. The Hall–Kier alpha value is -1.58. The van der Waals surface area contributed by atoms with Gasteiger partial charge in [0.1, 0.15) is 5.82 Å². The summed E-state index contributed by atoms with van der Waals surface area (Å²) in [7, 11) is 0. The fourth-order valence-electron chi connectivity index (χ4n) is 2.62. The van der Waals surface area contributed by atoms with Crippen molar-refractivity contribution in [2.24, 2.45) is 0 Å². The van der Waals surface area contributed by atoms with Crippen LogP contribution in [0.25, 0.3) is 0 Å². The van der Waals surface area contributed by atoms with Gasteiger partial charge in [0.2, 0.25) is 0 Å². The third kappa shape index (κ3) is 3.00. The summed E-state index contributed by atoms with van der Waals surface area (Å²) >= 11 is 0. The molecule has 1 fully saturated rings. The molecule has 0 aliphatic heterocycles. The van der Waals surface area contributed by atoms with Crippen LogP contribution in [0, 0.1) is 6.92 Å². The van der Waals surface area contributed by atoms with Crippen LogP contribution in [0.1, 0.15) is 55.1 Å². The first-order valence-electron chi connectivity index (χ1n) is 6.49. The monoisotopic (exact) mass is 248 g/mol. The van der Waals surface area contributed by atoms with Crippen LogP contribution in [0.3, 0.4) is 0 Å². The molecule has 0 amide bonds. The fourth-order valence-corrected chi connectivity index (χ4v) is 2.62. The Morgan fingerprint density at radius 1 is 1.33 bits per heavy atom. The van der Waals surface area contributed by atoms with E-state index < -0.39 is 5.97 Å². The summed E-state index contributed by atoms with van der Waals surface area (Å²) in [5.74, 6) is -0.228. The van der Waals surface area contributed by atoms with Crippen molar-refractivity contribution in [3.63, 3.8) is 0 Å². The minimum Gasteiger partial charge on any atom is -0.478 e. The minimum atomic E-state index is -0.905. The highest BCUT2D eigenvalue weighted by Crippen LogP contribution is 2.30. The number of nitrogens with one attached hydrogen (secondary N) is 1. The van der Waals surface area contributed by atoms with Crippen molar-refractivity contribution < 1.29 is 9.90 Å². The van der Waals surface area contributed by atoms with E-state index in [0.29, 0.717) is 11.4 Å². The number of aromatic nitrogens is 1. The van der Waals surface area contributed by atoms with Gasteiger partial charge >= 0.3 is 5.97 Å². The highest BCUT2D eigenvalue weighted by atomic mass is 16.4. The van der Waals surface area contributed by atoms with Crippen LogP contribution >= 0.6 is 0 Å². The number of anilines is 1. The normalized spacial score (nSPS) is 18.3. The lowest BCUT2D eigenvalue weighted by atomic mass is 9.83. The Kier molecular flexibility index (Phi) is 3.55. The predicted octanol–water partition coefficient (Wildman–Crippen LogP) is 3.22. The molecule has 0 bridgehead atoms. The third-order valence-electron chi connectivity index (χ3n) is 3.59. The molecule has 2 N–H and O–H groups in total. The molecule has 0 atom stereocenters. The Morgan fingerprint density at radius 2 is 2.00 bits per heavy atom. The Morgan fingerprint density at radius 3 is 2.61 bits per heavy atom. The first-order chi connectivity index (χ1) is 8.48. The SMILES string of the molecule is Cc1cc(C(=O)O)cc(NC2(C)CCCCC2)n1. The minimum absolute atomic E-state index is 0.0504. The van der Waals surface area contributed by atoms with Crippen LogP contribution in [0.15, 0.2) is 12.1 Å². The molecule has 0 radical (unpaired) electrons. The van der Waals surface area contributed by atoms with E-state index >= 15 is 0 Å². The number of nitrogens with zero attached hydrogens (tertiary/aromatic N) is 1. The van der Waals surface area contributed by atoms with E-state index in [4.69, 9.17) is 5.11 Å². The van der Waals surface area contributed by atoms with Gasteiger partial charge in [-0.1, -0.05) is 19.3 Å². The predicted molar refractivity (Wildman–Crippen MR) is 71.0 cm³/mol. The van der Waals surface area contributed by atoms with Gasteiger partial charge in [-0.2, -0.15) is 0 Å². The molecule has 1 aromatic rings. The number of aromatic carboxylic acids is 1. The van der Waals surface area contributed by atoms with Crippen molar-refractivity contribution in [3.8, 4) is 0 Å². The molecule has 1 aromatic heterocycles. The summed E-state index contributed by atoms with van der Waals surface area (Å²) in [5, 5.41) is 12.5. The molecule has 0 unspecified atom stereocenters. The first-order valence-corrected chi connectivity index (χ1v) is 6.49. The maximum Gasteiger partial charge on any atom is 0.335 e. The zero-order chi connectivity index (χ0) is 13.2. The number of hydrogen-bond acceptors (Lipinski definition) is 3. The second-order valence-corrected chi connectivity index (χ2v) is 5.43. The van der Waals surface area contributed by atoms with Gasteiger partial charge in [0.05, 0.1) is 5.56 Å². The lowest BCUT2D eigenvalue weighted by molar-refractivity contribution is 0.0696. The summed E-state index contributed by atoms with van der Waals surface area (Å²) in [4.78, 5) is 15.4. The molecule has 1 aliphatic rings. The molecule has 1 heterocycles. The van der Waals surface area contributed by atoms with Crippen LogP contribution < -0.4 is 5.32 Å². The van der Waals surface area contributed by atoms with E-state index in [9.17, 15) is 4.79 Å². The first kappa shape index (κ1) is 12.9. The number of carbonyl (C=O) groups is 1. The van der Waals surface area contributed by atoms with E-state index in [2.05, 4.69) is 17.2 Å². The second kappa shape index (κ2) is 4.96. The molecule has 0 spiro atoms.